The van der Waals surface area contributed by atoms with E-state index >= 15 is 0 Å². The maximum Gasteiger partial charge on any atom is 0.416 e. The van der Waals surface area contributed by atoms with E-state index in [2.05, 4.69) is 4.98 Å². The minimum absolute atomic E-state index is 0.0285. The van der Waals surface area contributed by atoms with Gasteiger partial charge in [-0.05, 0) is 30.3 Å². The van der Waals surface area contributed by atoms with Crippen molar-refractivity contribution < 1.29 is 23.1 Å². The summed E-state index contributed by atoms with van der Waals surface area (Å²) >= 11 is 6.03. The van der Waals surface area contributed by atoms with Crippen LogP contribution in [0.2, 0.25) is 5.02 Å². The summed E-state index contributed by atoms with van der Waals surface area (Å²) < 4.78 is 40.1. The molecule has 1 N–H and O–H groups in total. The average molecular weight is 355 g/mol. The Labute approximate surface area is 139 Å². The van der Waals surface area contributed by atoms with Gasteiger partial charge in [0.15, 0.2) is 0 Å². The van der Waals surface area contributed by atoms with Crippen LogP contribution in [0.3, 0.4) is 0 Å². The first-order valence-electron chi connectivity index (χ1n) is 6.80. The summed E-state index contributed by atoms with van der Waals surface area (Å²) in [7, 11) is 0. The minimum atomic E-state index is -4.47. The van der Waals surface area contributed by atoms with Crippen LogP contribution in [0, 0.1) is 0 Å². The van der Waals surface area contributed by atoms with E-state index < -0.39 is 17.7 Å². The number of carboxylic acids is 1. The van der Waals surface area contributed by atoms with Gasteiger partial charge in [-0.1, -0.05) is 17.7 Å². The Kier molecular flexibility index (Phi) is 3.96. The number of fused-ring (bicyclic) bond motifs is 1. The van der Waals surface area contributed by atoms with Gasteiger partial charge in [-0.25, -0.2) is 9.78 Å². The van der Waals surface area contributed by atoms with Crippen LogP contribution in [-0.2, 0) is 12.7 Å². The molecule has 4 nitrogen and oxygen atoms in total. The zero-order chi connectivity index (χ0) is 17.5. The molecule has 8 heteroatoms. The summed E-state index contributed by atoms with van der Waals surface area (Å²) in [6.07, 6.45) is -2.89. The van der Waals surface area contributed by atoms with Crippen molar-refractivity contribution in [2.45, 2.75) is 12.7 Å². The van der Waals surface area contributed by atoms with Crippen molar-refractivity contribution in [1.82, 2.24) is 9.55 Å². The standard InChI is InChI=1S/C16H10ClF3N2O2/c17-12-7-10(16(18,19)20)6-9-4-5-22(14(9)12)8-11-2-1-3-13(21-11)15(23)24/h1-7H,8H2,(H,23,24). The summed E-state index contributed by atoms with van der Waals surface area (Å²) in [5.41, 5.74) is -0.0197. The van der Waals surface area contributed by atoms with E-state index in [4.69, 9.17) is 16.7 Å². The predicted octanol–water partition coefficient (Wildman–Crippen LogP) is 4.46. The Bertz CT molecular complexity index is 935. The van der Waals surface area contributed by atoms with Gasteiger partial charge in [0.2, 0.25) is 0 Å². The molecule has 2 aromatic heterocycles. The number of aromatic carboxylic acids is 1. The van der Waals surface area contributed by atoms with Crippen LogP contribution in [-0.4, -0.2) is 20.6 Å². The lowest BCUT2D eigenvalue weighted by atomic mass is 10.1. The molecule has 0 amide bonds. The lowest BCUT2D eigenvalue weighted by Gasteiger charge is -2.10. The Morgan fingerprint density at radius 1 is 1.25 bits per heavy atom. The molecule has 0 spiro atoms. The fourth-order valence-electron chi connectivity index (χ4n) is 2.45. The smallest absolute Gasteiger partial charge is 0.416 e. The third-order valence-corrected chi connectivity index (χ3v) is 3.79. The molecule has 0 saturated carbocycles. The predicted molar refractivity (Wildman–Crippen MR) is 82.2 cm³/mol. The van der Waals surface area contributed by atoms with E-state index in [9.17, 15) is 18.0 Å². The third kappa shape index (κ3) is 3.07. The quantitative estimate of drug-likeness (QED) is 0.755. The van der Waals surface area contributed by atoms with Crippen molar-refractivity contribution in [3.05, 3.63) is 64.6 Å². The second kappa shape index (κ2) is 5.83. The molecule has 124 valence electrons. The first-order valence-corrected chi connectivity index (χ1v) is 7.18. The number of hydrogen-bond donors (Lipinski definition) is 1. The molecule has 0 saturated heterocycles. The number of benzene rings is 1. The molecule has 0 fully saturated rings. The number of halogens is 4. The van der Waals surface area contributed by atoms with Gasteiger partial charge in [-0.3, -0.25) is 0 Å². The van der Waals surface area contributed by atoms with Crippen LogP contribution in [0.15, 0.2) is 42.6 Å². The molecule has 3 aromatic rings. The number of alkyl halides is 3. The number of carboxylic acid groups (broad SMARTS) is 1. The molecule has 0 unspecified atom stereocenters. The Balaban J connectivity index is 2.02. The summed E-state index contributed by atoms with van der Waals surface area (Å²) in [6, 6.07) is 7.98. The number of pyridine rings is 1. The number of rotatable bonds is 3. The fourth-order valence-corrected chi connectivity index (χ4v) is 2.79. The number of nitrogens with zero attached hydrogens (tertiary/aromatic N) is 2. The monoisotopic (exact) mass is 354 g/mol. The molecule has 0 aliphatic heterocycles. The fraction of sp³-hybridized carbons (Fsp3) is 0.125. The van der Waals surface area contributed by atoms with Gasteiger partial charge >= 0.3 is 12.1 Å². The van der Waals surface area contributed by atoms with Crippen molar-refractivity contribution in [3.63, 3.8) is 0 Å². The second-order valence-electron chi connectivity index (χ2n) is 5.16. The molecule has 0 aliphatic rings. The molecular formula is C16H10ClF3N2O2. The van der Waals surface area contributed by atoms with Crippen LogP contribution in [0.1, 0.15) is 21.7 Å². The number of hydrogen-bond acceptors (Lipinski definition) is 2. The largest absolute Gasteiger partial charge is 0.477 e. The molecule has 3 rings (SSSR count). The van der Waals surface area contributed by atoms with E-state index in [0.717, 1.165) is 12.1 Å². The maximum absolute atomic E-state index is 12.8. The van der Waals surface area contributed by atoms with Crippen LogP contribution in [0.5, 0.6) is 0 Å². The van der Waals surface area contributed by atoms with E-state index in [-0.39, 0.29) is 17.3 Å². The first-order chi connectivity index (χ1) is 11.3. The van der Waals surface area contributed by atoms with Gasteiger partial charge in [0.05, 0.1) is 28.3 Å². The summed E-state index contributed by atoms with van der Waals surface area (Å²) in [4.78, 5) is 15.0. The lowest BCUT2D eigenvalue weighted by Crippen LogP contribution is -2.07. The van der Waals surface area contributed by atoms with E-state index in [1.54, 1.807) is 22.9 Å². The number of aromatic nitrogens is 2. The number of carbonyl (C=O) groups is 1. The van der Waals surface area contributed by atoms with E-state index in [1.165, 1.54) is 12.1 Å². The molecule has 1 aromatic carbocycles. The van der Waals surface area contributed by atoms with Crippen molar-refractivity contribution in [3.8, 4) is 0 Å². The average Bonchev–Trinajstić information content (AvgIpc) is 2.90. The summed E-state index contributed by atoms with van der Waals surface area (Å²) in [6.45, 7) is 0.190. The zero-order valence-corrected chi connectivity index (χ0v) is 12.8. The minimum Gasteiger partial charge on any atom is -0.477 e. The van der Waals surface area contributed by atoms with Gasteiger partial charge in [0, 0.05) is 11.6 Å². The summed E-state index contributed by atoms with van der Waals surface area (Å²) in [5, 5.41) is 9.28. The van der Waals surface area contributed by atoms with E-state index in [0.29, 0.717) is 16.6 Å². The van der Waals surface area contributed by atoms with Gasteiger partial charge in [0.25, 0.3) is 0 Å². The second-order valence-corrected chi connectivity index (χ2v) is 5.56. The topological polar surface area (TPSA) is 55.1 Å². The highest BCUT2D eigenvalue weighted by Gasteiger charge is 2.31. The molecule has 0 bridgehead atoms. The van der Waals surface area contributed by atoms with Crippen LogP contribution in [0.4, 0.5) is 13.2 Å². The SMILES string of the molecule is O=C(O)c1cccc(Cn2ccc3cc(C(F)(F)F)cc(Cl)c32)n1. The molecule has 0 atom stereocenters. The van der Waals surface area contributed by atoms with Crippen molar-refractivity contribution in [2.75, 3.05) is 0 Å². The van der Waals surface area contributed by atoms with Crippen LogP contribution in [0.25, 0.3) is 10.9 Å². The van der Waals surface area contributed by atoms with Crippen molar-refractivity contribution in [2.24, 2.45) is 0 Å². The Morgan fingerprint density at radius 2 is 2.00 bits per heavy atom. The Hall–Kier alpha value is -2.54. The zero-order valence-electron chi connectivity index (χ0n) is 12.0. The maximum atomic E-state index is 12.8. The Morgan fingerprint density at radius 3 is 2.67 bits per heavy atom. The van der Waals surface area contributed by atoms with Crippen molar-refractivity contribution in [1.29, 1.82) is 0 Å². The third-order valence-electron chi connectivity index (χ3n) is 3.50. The molecule has 0 radical (unpaired) electrons. The summed E-state index contributed by atoms with van der Waals surface area (Å²) in [5.74, 6) is -1.15. The molecule has 2 heterocycles. The highest BCUT2D eigenvalue weighted by atomic mass is 35.5. The van der Waals surface area contributed by atoms with Gasteiger partial charge in [0.1, 0.15) is 5.69 Å². The first kappa shape index (κ1) is 16.3. The van der Waals surface area contributed by atoms with E-state index in [1.807, 2.05) is 0 Å². The van der Waals surface area contributed by atoms with Gasteiger partial charge in [-0.15, -0.1) is 0 Å². The van der Waals surface area contributed by atoms with Gasteiger partial charge in [-0.2, -0.15) is 13.2 Å². The van der Waals surface area contributed by atoms with Gasteiger partial charge < -0.3 is 9.67 Å². The lowest BCUT2D eigenvalue weighted by molar-refractivity contribution is -0.137. The molecule has 0 aliphatic carbocycles. The highest BCUT2D eigenvalue weighted by molar-refractivity contribution is 6.35. The van der Waals surface area contributed by atoms with Crippen LogP contribution < -0.4 is 0 Å². The highest BCUT2D eigenvalue weighted by Crippen LogP contribution is 2.35. The van der Waals surface area contributed by atoms with Crippen molar-refractivity contribution >= 4 is 28.5 Å². The molecule has 24 heavy (non-hydrogen) atoms. The van der Waals surface area contributed by atoms with Crippen LogP contribution >= 0.6 is 11.6 Å². The normalized spacial score (nSPS) is 11.8. The molecular weight excluding hydrogens is 345 g/mol.